The van der Waals surface area contributed by atoms with E-state index in [2.05, 4.69) is 22.0 Å². The number of amidine groups is 1. The number of nitrogens with two attached hydrogens (primary N) is 1. The number of morpholine rings is 1. The van der Waals surface area contributed by atoms with E-state index in [0.717, 1.165) is 31.0 Å². The van der Waals surface area contributed by atoms with Crippen LogP contribution >= 0.6 is 0 Å². The van der Waals surface area contributed by atoms with E-state index >= 15 is 0 Å². The molecule has 1 saturated heterocycles. The lowest BCUT2D eigenvalue weighted by atomic mass is 10.2. The van der Waals surface area contributed by atoms with Crippen molar-refractivity contribution in [2.24, 2.45) is 10.9 Å². The zero-order valence-electron chi connectivity index (χ0n) is 11.3. The van der Waals surface area contributed by atoms with E-state index in [9.17, 15) is 0 Å². The fraction of sp³-hybridized carbons (Fsp3) is 0.538. The van der Waals surface area contributed by atoms with Crippen molar-refractivity contribution < 1.29 is 9.94 Å². The van der Waals surface area contributed by atoms with Gasteiger partial charge in [-0.05, 0) is 25.5 Å². The number of hydrogen-bond acceptors (Lipinski definition) is 5. The molecule has 0 radical (unpaired) electrons. The summed E-state index contributed by atoms with van der Waals surface area (Å²) in [6.45, 7) is 6.34. The first-order chi connectivity index (χ1) is 9.13. The number of pyridine rings is 1. The molecule has 2 heterocycles. The largest absolute Gasteiger partial charge is 0.409 e. The van der Waals surface area contributed by atoms with Gasteiger partial charge < -0.3 is 20.6 Å². The first-order valence-corrected chi connectivity index (χ1v) is 6.47. The molecule has 1 aromatic heterocycles. The maximum atomic E-state index is 8.77. The van der Waals surface area contributed by atoms with Gasteiger partial charge >= 0.3 is 0 Å². The van der Waals surface area contributed by atoms with Crippen LogP contribution in [-0.4, -0.2) is 41.8 Å². The van der Waals surface area contributed by atoms with E-state index in [1.807, 2.05) is 13.0 Å². The van der Waals surface area contributed by atoms with Crippen molar-refractivity contribution in [3.05, 3.63) is 23.4 Å². The minimum Gasteiger partial charge on any atom is -0.409 e. The predicted molar refractivity (Wildman–Crippen MR) is 73.7 cm³/mol. The van der Waals surface area contributed by atoms with Crippen molar-refractivity contribution in [2.45, 2.75) is 26.4 Å². The van der Waals surface area contributed by atoms with Gasteiger partial charge in [0, 0.05) is 24.3 Å². The highest BCUT2D eigenvalue weighted by Crippen LogP contribution is 2.19. The summed E-state index contributed by atoms with van der Waals surface area (Å²) in [6, 6.07) is 3.65. The molecule has 1 atom stereocenters. The zero-order valence-corrected chi connectivity index (χ0v) is 11.3. The van der Waals surface area contributed by atoms with Crippen LogP contribution in [0, 0.1) is 6.92 Å². The molecule has 1 fully saturated rings. The second kappa shape index (κ2) is 5.88. The Kier molecular flexibility index (Phi) is 4.21. The first-order valence-electron chi connectivity index (χ1n) is 6.47. The molecule has 1 aliphatic heterocycles. The lowest BCUT2D eigenvalue weighted by Crippen LogP contribution is -2.42. The van der Waals surface area contributed by atoms with Crippen LogP contribution in [0.25, 0.3) is 0 Å². The number of hydrogen-bond donors (Lipinski definition) is 2. The molecule has 19 heavy (non-hydrogen) atoms. The average Bonchev–Trinajstić information content (AvgIpc) is 2.45. The van der Waals surface area contributed by atoms with Gasteiger partial charge in [-0.15, -0.1) is 0 Å². The maximum Gasteiger partial charge on any atom is 0.170 e. The van der Waals surface area contributed by atoms with Crippen molar-refractivity contribution in [1.82, 2.24) is 4.98 Å². The summed E-state index contributed by atoms with van der Waals surface area (Å²) in [4.78, 5) is 6.70. The molecule has 0 amide bonds. The van der Waals surface area contributed by atoms with Gasteiger partial charge in [-0.25, -0.2) is 4.98 Å². The third-order valence-corrected chi connectivity index (χ3v) is 3.26. The number of oxime groups is 1. The number of rotatable bonds is 3. The van der Waals surface area contributed by atoms with Crippen molar-refractivity contribution >= 4 is 11.7 Å². The van der Waals surface area contributed by atoms with E-state index < -0.39 is 0 Å². The SMILES string of the molecule is CCC1CN(c2cc(/C(N)=N/O)cc(C)n2)CCO1. The van der Waals surface area contributed by atoms with Crippen LogP contribution in [0.15, 0.2) is 17.3 Å². The van der Waals surface area contributed by atoms with Crippen molar-refractivity contribution in [1.29, 1.82) is 0 Å². The highest BCUT2D eigenvalue weighted by atomic mass is 16.5. The molecule has 0 aliphatic carbocycles. The first kappa shape index (κ1) is 13.6. The second-order valence-electron chi connectivity index (χ2n) is 4.69. The smallest absolute Gasteiger partial charge is 0.170 e. The fourth-order valence-electron chi connectivity index (χ4n) is 2.19. The van der Waals surface area contributed by atoms with Crippen LogP contribution in [0.2, 0.25) is 0 Å². The maximum absolute atomic E-state index is 8.77. The van der Waals surface area contributed by atoms with Gasteiger partial charge in [-0.1, -0.05) is 12.1 Å². The fourth-order valence-corrected chi connectivity index (χ4v) is 2.19. The molecule has 2 rings (SSSR count). The molecule has 3 N–H and O–H groups in total. The summed E-state index contributed by atoms with van der Waals surface area (Å²) >= 11 is 0. The molecule has 104 valence electrons. The molecule has 6 heteroatoms. The Morgan fingerprint density at radius 3 is 3.11 bits per heavy atom. The predicted octanol–water partition coefficient (Wildman–Crippen LogP) is 1.10. The third-order valence-electron chi connectivity index (χ3n) is 3.26. The van der Waals surface area contributed by atoms with Crippen molar-refractivity contribution in [3.63, 3.8) is 0 Å². The van der Waals surface area contributed by atoms with Gasteiger partial charge in [0.05, 0.1) is 12.7 Å². The van der Waals surface area contributed by atoms with Crippen LogP contribution in [0.1, 0.15) is 24.6 Å². The zero-order chi connectivity index (χ0) is 13.8. The molecular formula is C13H20N4O2. The Bertz CT molecular complexity index is 476. The highest BCUT2D eigenvalue weighted by Gasteiger charge is 2.20. The quantitative estimate of drug-likeness (QED) is 0.369. The molecule has 6 nitrogen and oxygen atoms in total. The summed E-state index contributed by atoms with van der Waals surface area (Å²) < 4.78 is 5.65. The van der Waals surface area contributed by atoms with Gasteiger partial charge in [-0.3, -0.25) is 0 Å². The summed E-state index contributed by atoms with van der Waals surface area (Å²) in [7, 11) is 0. The molecule has 0 saturated carbocycles. The number of aryl methyl sites for hydroxylation is 1. The Morgan fingerprint density at radius 1 is 1.63 bits per heavy atom. The minimum absolute atomic E-state index is 0.104. The molecule has 0 bridgehead atoms. The Hall–Kier alpha value is -1.82. The van der Waals surface area contributed by atoms with E-state index in [0.29, 0.717) is 12.2 Å². The Balaban J connectivity index is 2.26. The topological polar surface area (TPSA) is 84.0 Å². The third kappa shape index (κ3) is 3.14. The number of anilines is 1. The number of nitrogens with zero attached hydrogens (tertiary/aromatic N) is 3. The van der Waals surface area contributed by atoms with E-state index in [-0.39, 0.29) is 11.9 Å². The van der Waals surface area contributed by atoms with Crippen molar-refractivity contribution in [2.75, 3.05) is 24.6 Å². The van der Waals surface area contributed by atoms with Gasteiger partial charge in [0.15, 0.2) is 5.84 Å². The minimum atomic E-state index is 0.104. The van der Waals surface area contributed by atoms with Crippen LogP contribution < -0.4 is 10.6 Å². The van der Waals surface area contributed by atoms with Crippen LogP contribution in [0.3, 0.4) is 0 Å². The Morgan fingerprint density at radius 2 is 2.42 bits per heavy atom. The normalized spacial score (nSPS) is 20.6. The highest BCUT2D eigenvalue weighted by molar-refractivity contribution is 5.97. The average molecular weight is 264 g/mol. The summed E-state index contributed by atoms with van der Waals surface area (Å²) in [5.74, 6) is 0.954. The number of ether oxygens (including phenoxy) is 1. The summed E-state index contributed by atoms with van der Waals surface area (Å²) in [6.07, 6.45) is 1.22. The van der Waals surface area contributed by atoms with Gasteiger partial charge in [-0.2, -0.15) is 0 Å². The van der Waals surface area contributed by atoms with Crippen LogP contribution in [-0.2, 0) is 4.74 Å². The molecule has 0 aromatic carbocycles. The van der Waals surface area contributed by atoms with Crippen LogP contribution in [0.5, 0.6) is 0 Å². The Labute approximate surface area is 112 Å². The lowest BCUT2D eigenvalue weighted by molar-refractivity contribution is 0.0381. The monoisotopic (exact) mass is 264 g/mol. The molecule has 1 aliphatic rings. The van der Waals surface area contributed by atoms with E-state index in [1.165, 1.54) is 0 Å². The molecule has 0 spiro atoms. The van der Waals surface area contributed by atoms with Gasteiger partial charge in [0.1, 0.15) is 5.82 Å². The summed E-state index contributed by atoms with van der Waals surface area (Å²) in [5.41, 5.74) is 7.17. The van der Waals surface area contributed by atoms with Crippen LogP contribution in [0.4, 0.5) is 5.82 Å². The lowest BCUT2D eigenvalue weighted by Gasteiger charge is -2.33. The van der Waals surface area contributed by atoms with Gasteiger partial charge in [0.2, 0.25) is 0 Å². The number of aromatic nitrogens is 1. The molecule has 1 unspecified atom stereocenters. The van der Waals surface area contributed by atoms with E-state index in [4.69, 9.17) is 15.7 Å². The summed E-state index contributed by atoms with van der Waals surface area (Å²) in [5, 5.41) is 11.8. The van der Waals surface area contributed by atoms with Gasteiger partial charge in [0.25, 0.3) is 0 Å². The standard InChI is InChI=1S/C13H20N4O2/c1-3-11-8-17(4-5-19-11)12-7-10(13(14)16-18)6-9(2)15-12/h6-7,11,18H,3-5,8H2,1-2H3,(H2,14,16). The van der Waals surface area contributed by atoms with Crippen molar-refractivity contribution in [3.8, 4) is 0 Å². The second-order valence-corrected chi connectivity index (χ2v) is 4.69. The van der Waals surface area contributed by atoms with E-state index in [1.54, 1.807) is 6.07 Å². The molecular weight excluding hydrogens is 244 g/mol. The molecule has 1 aromatic rings.